The van der Waals surface area contributed by atoms with E-state index in [1.54, 1.807) is 0 Å². The number of benzene rings is 6. The van der Waals surface area contributed by atoms with Gasteiger partial charge in [-0.05, 0) is 63.9 Å². The standard InChI is InChI=1S/C39H35NOP/c1-27(2)35-26-41-39(40-35)34-24-22-28-14-10-12-20-32(28)37(34)38-33-21-13-11-15-29(33)23-25-36(38)42(3,30-16-6-4-7-17-30)31-18-8-5-9-19-31/h4-25,27,35H,26H2,1-3H3/q+1. The molecule has 2 nitrogen and oxygen atoms in total. The molecule has 1 atom stereocenters. The van der Waals surface area contributed by atoms with Crippen LogP contribution >= 0.6 is 7.26 Å². The van der Waals surface area contributed by atoms with Crippen molar-refractivity contribution in [2.24, 2.45) is 10.9 Å². The molecule has 0 bridgehead atoms. The van der Waals surface area contributed by atoms with Crippen molar-refractivity contribution in [3.05, 3.63) is 139 Å². The molecule has 3 heteroatoms. The summed E-state index contributed by atoms with van der Waals surface area (Å²) < 4.78 is 6.39. The van der Waals surface area contributed by atoms with Gasteiger partial charge >= 0.3 is 0 Å². The molecule has 0 amide bonds. The van der Waals surface area contributed by atoms with E-state index in [9.17, 15) is 0 Å². The number of ether oxygens (including phenoxy) is 1. The van der Waals surface area contributed by atoms with Crippen LogP contribution in [0.5, 0.6) is 0 Å². The van der Waals surface area contributed by atoms with Crippen LogP contribution in [-0.2, 0) is 4.74 Å². The number of aliphatic imine (C=N–C) groups is 1. The summed E-state index contributed by atoms with van der Waals surface area (Å²) in [5, 5.41) is 9.03. The molecule has 0 saturated heterocycles. The number of fused-ring (bicyclic) bond motifs is 2. The summed E-state index contributed by atoms with van der Waals surface area (Å²) in [6.45, 7) is 7.55. The highest BCUT2D eigenvalue weighted by Gasteiger charge is 2.43. The fraction of sp³-hybridized carbons (Fsp3) is 0.154. The van der Waals surface area contributed by atoms with Crippen LogP contribution in [0.25, 0.3) is 32.7 Å². The molecule has 7 rings (SSSR count). The lowest BCUT2D eigenvalue weighted by Crippen LogP contribution is -2.31. The molecular weight excluding hydrogens is 529 g/mol. The first kappa shape index (κ1) is 26.6. The molecule has 1 heterocycles. The second kappa shape index (κ2) is 10.9. The molecule has 0 N–H and O–H groups in total. The van der Waals surface area contributed by atoms with Crippen molar-refractivity contribution in [3.63, 3.8) is 0 Å². The van der Waals surface area contributed by atoms with E-state index >= 15 is 0 Å². The Balaban J connectivity index is 1.64. The van der Waals surface area contributed by atoms with E-state index in [0.717, 1.165) is 11.5 Å². The number of rotatable bonds is 6. The van der Waals surface area contributed by atoms with Crippen molar-refractivity contribution < 1.29 is 4.74 Å². The van der Waals surface area contributed by atoms with Crippen molar-refractivity contribution in [1.29, 1.82) is 0 Å². The van der Waals surface area contributed by atoms with E-state index in [1.807, 2.05) is 0 Å². The van der Waals surface area contributed by atoms with Gasteiger partial charge in [0, 0.05) is 16.7 Å². The molecule has 0 radical (unpaired) electrons. The molecule has 0 aromatic heterocycles. The molecule has 206 valence electrons. The van der Waals surface area contributed by atoms with E-state index in [2.05, 4.69) is 154 Å². The second-order valence-electron chi connectivity index (χ2n) is 11.6. The number of hydrogen-bond acceptors (Lipinski definition) is 2. The first-order chi connectivity index (χ1) is 20.6. The van der Waals surface area contributed by atoms with Gasteiger partial charge in [-0.2, -0.15) is 0 Å². The third-order valence-corrected chi connectivity index (χ3v) is 12.8. The van der Waals surface area contributed by atoms with Crippen LogP contribution in [0.1, 0.15) is 19.4 Å². The molecule has 42 heavy (non-hydrogen) atoms. The molecule has 6 aromatic carbocycles. The van der Waals surface area contributed by atoms with Crippen LogP contribution < -0.4 is 15.9 Å². The second-order valence-corrected chi connectivity index (χ2v) is 15.2. The third-order valence-electron chi connectivity index (χ3n) is 8.79. The summed E-state index contributed by atoms with van der Waals surface area (Å²) in [5.74, 6) is 1.18. The Morgan fingerprint density at radius 2 is 1.14 bits per heavy atom. The minimum atomic E-state index is -2.07. The van der Waals surface area contributed by atoms with Gasteiger partial charge in [-0.15, -0.1) is 0 Å². The SMILES string of the molecule is CC(C)C1COC(c2ccc3ccccc3c2-c2c([P+](C)(c3ccccc3)c3ccccc3)ccc3ccccc23)=N1. The minimum Gasteiger partial charge on any atom is -0.475 e. The van der Waals surface area contributed by atoms with Gasteiger partial charge in [0.1, 0.15) is 29.8 Å². The molecule has 0 saturated carbocycles. The van der Waals surface area contributed by atoms with Crippen molar-refractivity contribution >= 4 is 50.6 Å². The van der Waals surface area contributed by atoms with Crippen LogP contribution in [0.15, 0.2) is 138 Å². The van der Waals surface area contributed by atoms with E-state index in [1.165, 1.54) is 48.6 Å². The lowest BCUT2D eigenvalue weighted by Gasteiger charge is -2.27. The van der Waals surface area contributed by atoms with Crippen molar-refractivity contribution in [2.45, 2.75) is 19.9 Å². The van der Waals surface area contributed by atoms with Crippen LogP contribution in [0.2, 0.25) is 0 Å². The molecule has 0 spiro atoms. The third kappa shape index (κ3) is 4.42. The summed E-state index contributed by atoms with van der Waals surface area (Å²) in [4.78, 5) is 5.14. The number of hydrogen-bond donors (Lipinski definition) is 0. The molecule has 1 aliphatic heterocycles. The first-order valence-corrected chi connectivity index (χ1v) is 17.0. The Morgan fingerprint density at radius 1 is 0.619 bits per heavy atom. The Hall–Kier alpha value is -4.26. The topological polar surface area (TPSA) is 21.6 Å². The maximum Gasteiger partial charge on any atom is 0.217 e. The van der Waals surface area contributed by atoms with Crippen molar-refractivity contribution in [3.8, 4) is 11.1 Å². The van der Waals surface area contributed by atoms with Crippen LogP contribution in [-0.4, -0.2) is 25.2 Å². The molecule has 6 aromatic rings. The Bertz CT molecular complexity index is 1890. The highest BCUT2D eigenvalue weighted by molar-refractivity contribution is 7.95. The zero-order chi connectivity index (χ0) is 28.7. The van der Waals surface area contributed by atoms with Crippen LogP contribution in [0, 0.1) is 5.92 Å². The highest BCUT2D eigenvalue weighted by Crippen LogP contribution is 2.55. The van der Waals surface area contributed by atoms with Gasteiger partial charge in [0.2, 0.25) is 5.90 Å². The van der Waals surface area contributed by atoms with Gasteiger partial charge in [0.05, 0.1) is 12.7 Å². The van der Waals surface area contributed by atoms with E-state index < -0.39 is 7.26 Å². The zero-order valence-corrected chi connectivity index (χ0v) is 25.3. The van der Waals surface area contributed by atoms with E-state index in [-0.39, 0.29) is 6.04 Å². The maximum atomic E-state index is 6.39. The predicted molar refractivity (Wildman–Crippen MR) is 183 cm³/mol. The van der Waals surface area contributed by atoms with Gasteiger partial charge in [-0.3, -0.25) is 0 Å². The van der Waals surface area contributed by atoms with Gasteiger partial charge in [0.25, 0.3) is 0 Å². The van der Waals surface area contributed by atoms with Crippen LogP contribution in [0.4, 0.5) is 0 Å². The Labute approximate surface area is 249 Å². The molecule has 0 aliphatic carbocycles. The molecule has 0 fully saturated rings. The summed E-state index contributed by atoms with van der Waals surface area (Å²) in [7, 11) is -2.07. The summed E-state index contributed by atoms with van der Waals surface area (Å²) in [6.07, 6.45) is 0. The Morgan fingerprint density at radius 3 is 1.71 bits per heavy atom. The first-order valence-electron chi connectivity index (χ1n) is 14.8. The van der Waals surface area contributed by atoms with E-state index in [0.29, 0.717) is 12.5 Å². The van der Waals surface area contributed by atoms with Crippen LogP contribution in [0.3, 0.4) is 0 Å². The summed E-state index contributed by atoms with van der Waals surface area (Å²) in [6, 6.07) is 49.0. The smallest absolute Gasteiger partial charge is 0.217 e. The predicted octanol–water partition coefficient (Wildman–Crippen LogP) is 8.39. The lowest BCUT2D eigenvalue weighted by atomic mass is 9.90. The fourth-order valence-electron chi connectivity index (χ4n) is 6.37. The zero-order valence-electron chi connectivity index (χ0n) is 24.4. The van der Waals surface area contributed by atoms with Crippen molar-refractivity contribution in [1.82, 2.24) is 0 Å². The van der Waals surface area contributed by atoms with Gasteiger partial charge in [-0.1, -0.05) is 111 Å². The monoisotopic (exact) mass is 564 g/mol. The summed E-state index contributed by atoms with van der Waals surface area (Å²) >= 11 is 0. The average molecular weight is 565 g/mol. The Kier molecular flexibility index (Phi) is 6.88. The summed E-state index contributed by atoms with van der Waals surface area (Å²) in [5.41, 5.74) is 3.56. The minimum absolute atomic E-state index is 0.165. The lowest BCUT2D eigenvalue weighted by molar-refractivity contribution is 0.292. The highest BCUT2D eigenvalue weighted by atomic mass is 31.2. The maximum absolute atomic E-state index is 6.39. The van der Waals surface area contributed by atoms with E-state index in [4.69, 9.17) is 9.73 Å². The normalized spacial score (nSPS) is 15.2. The largest absolute Gasteiger partial charge is 0.475 e. The molecular formula is C39H35NOP+. The van der Waals surface area contributed by atoms with Gasteiger partial charge in [0.15, 0.2) is 0 Å². The quantitative estimate of drug-likeness (QED) is 0.186. The molecule has 1 unspecified atom stereocenters. The van der Waals surface area contributed by atoms with Gasteiger partial charge in [-0.25, -0.2) is 4.99 Å². The van der Waals surface area contributed by atoms with Crippen molar-refractivity contribution in [2.75, 3.05) is 13.3 Å². The number of nitrogens with zero attached hydrogens (tertiary/aromatic N) is 1. The average Bonchev–Trinajstić information content (AvgIpc) is 3.55. The molecule has 1 aliphatic rings. The fourth-order valence-corrected chi connectivity index (χ4v) is 9.82. The van der Waals surface area contributed by atoms with Gasteiger partial charge < -0.3 is 4.74 Å².